The van der Waals surface area contributed by atoms with Gasteiger partial charge in [-0.05, 0) is 43.5 Å². The van der Waals surface area contributed by atoms with Crippen LogP contribution in [0.5, 0.6) is 0 Å². The van der Waals surface area contributed by atoms with E-state index in [0.717, 1.165) is 36.2 Å². The Morgan fingerprint density at radius 3 is 2.79 bits per heavy atom. The maximum atomic E-state index is 12.7. The van der Waals surface area contributed by atoms with Crippen molar-refractivity contribution in [3.05, 3.63) is 81.1 Å². The number of hydrogen-bond acceptors (Lipinski definition) is 5. The first kappa shape index (κ1) is 19.7. The molecule has 1 N–H and O–H groups in total. The van der Waals surface area contributed by atoms with Crippen molar-refractivity contribution >= 4 is 35.0 Å². The summed E-state index contributed by atoms with van der Waals surface area (Å²) < 4.78 is 1.71. The monoisotopic (exact) mass is 426 g/mol. The maximum Gasteiger partial charge on any atom is 0.349 e. The molecule has 1 amide bonds. The minimum atomic E-state index is -0.301. The van der Waals surface area contributed by atoms with Crippen LogP contribution in [0, 0.1) is 0 Å². The van der Waals surface area contributed by atoms with Crippen LogP contribution in [0.2, 0.25) is 5.02 Å². The molecule has 0 fully saturated rings. The Hall–Kier alpha value is -2.64. The molecule has 2 aromatic heterocycles. The van der Waals surface area contributed by atoms with Crippen LogP contribution in [0.3, 0.4) is 0 Å². The van der Waals surface area contributed by atoms with Gasteiger partial charge < -0.3 is 5.32 Å². The lowest BCUT2D eigenvalue weighted by Crippen LogP contribution is -2.28. The van der Waals surface area contributed by atoms with Gasteiger partial charge >= 0.3 is 5.69 Å². The molecular formula is C21H19ClN4O2S. The molecule has 0 radical (unpaired) electrons. The van der Waals surface area contributed by atoms with Gasteiger partial charge in [-0.1, -0.05) is 41.6 Å². The zero-order valence-corrected chi connectivity index (χ0v) is 17.2. The maximum absolute atomic E-state index is 12.7. The fourth-order valence-corrected chi connectivity index (χ4v) is 4.46. The topological polar surface area (TPSA) is 76.9 Å². The summed E-state index contributed by atoms with van der Waals surface area (Å²) in [5.74, 6) is -0.0248. The molecule has 0 atom stereocenters. The average Bonchev–Trinajstić information content (AvgIpc) is 3.21. The van der Waals surface area contributed by atoms with Crippen molar-refractivity contribution in [2.45, 2.75) is 30.8 Å². The first-order chi connectivity index (χ1) is 14.1. The van der Waals surface area contributed by atoms with Crippen LogP contribution in [-0.4, -0.2) is 26.2 Å². The van der Waals surface area contributed by atoms with Gasteiger partial charge in [0.05, 0.1) is 28.7 Å². The molecule has 0 aliphatic heterocycles. The van der Waals surface area contributed by atoms with E-state index in [4.69, 9.17) is 11.6 Å². The molecule has 29 heavy (non-hydrogen) atoms. The Morgan fingerprint density at radius 1 is 1.17 bits per heavy atom. The molecule has 1 aliphatic rings. The SMILES string of the molecule is O=C(CSc1nc(=O)n(Cc2ccccn2)c2c1CCC2)Nc1ccccc1Cl. The van der Waals surface area contributed by atoms with Gasteiger partial charge in [0.15, 0.2) is 0 Å². The first-order valence-corrected chi connectivity index (χ1v) is 10.7. The Morgan fingerprint density at radius 2 is 2.00 bits per heavy atom. The normalized spacial score (nSPS) is 12.6. The fourth-order valence-electron chi connectivity index (χ4n) is 3.41. The fraction of sp³-hybridized carbons (Fsp3) is 0.238. The summed E-state index contributed by atoms with van der Waals surface area (Å²) in [6.07, 6.45) is 4.39. The van der Waals surface area contributed by atoms with Gasteiger partial charge in [-0.25, -0.2) is 4.79 Å². The van der Waals surface area contributed by atoms with Crippen molar-refractivity contribution < 1.29 is 4.79 Å². The molecule has 8 heteroatoms. The molecule has 0 bridgehead atoms. The minimum absolute atomic E-state index is 0.161. The van der Waals surface area contributed by atoms with Crippen molar-refractivity contribution in [3.63, 3.8) is 0 Å². The zero-order chi connectivity index (χ0) is 20.2. The molecule has 148 valence electrons. The second-order valence-electron chi connectivity index (χ2n) is 6.70. The van der Waals surface area contributed by atoms with E-state index >= 15 is 0 Å². The van der Waals surface area contributed by atoms with E-state index in [1.807, 2.05) is 24.3 Å². The molecule has 4 rings (SSSR count). The van der Waals surface area contributed by atoms with Gasteiger partial charge in [-0.2, -0.15) is 4.98 Å². The molecule has 0 spiro atoms. The summed E-state index contributed by atoms with van der Waals surface area (Å²) in [6, 6.07) is 12.7. The summed E-state index contributed by atoms with van der Waals surface area (Å²) in [6.45, 7) is 0.410. The summed E-state index contributed by atoms with van der Waals surface area (Å²) in [5.41, 5.74) is 3.17. The molecule has 0 unspecified atom stereocenters. The quantitative estimate of drug-likeness (QED) is 0.481. The van der Waals surface area contributed by atoms with E-state index in [2.05, 4.69) is 15.3 Å². The van der Waals surface area contributed by atoms with Crippen LogP contribution in [0.1, 0.15) is 23.4 Å². The summed E-state index contributed by atoms with van der Waals surface area (Å²) >= 11 is 7.38. The van der Waals surface area contributed by atoms with Gasteiger partial charge in [-0.3, -0.25) is 14.3 Å². The van der Waals surface area contributed by atoms with Crippen molar-refractivity contribution in [2.24, 2.45) is 0 Å². The highest BCUT2D eigenvalue weighted by atomic mass is 35.5. The standard InChI is InChI=1S/C21H19ClN4O2S/c22-16-8-1-2-9-17(16)24-19(27)13-29-20-15-7-5-10-18(15)26(21(28)25-20)12-14-6-3-4-11-23-14/h1-4,6,8-9,11H,5,7,10,12-13H2,(H,24,27). The number of thioether (sulfide) groups is 1. The number of benzene rings is 1. The Balaban J connectivity index is 1.51. The number of rotatable bonds is 6. The number of hydrogen-bond donors (Lipinski definition) is 1. The molecule has 0 saturated carbocycles. The number of amides is 1. The molecule has 6 nitrogen and oxygen atoms in total. The van der Waals surface area contributed by atoms with Crippen LogP contribution in [0.15, 0.2) is 58.5 Å². The van der Waals surface area contributed by atoms with Crippen LogP contribution < -0.4 is 11.0 Å². The number of nitrogens with zero attached hydrogens (tertiary/aromatic N) is 3. The van der Waals surface area contributed by atoms with E-state index in [-0.39, 0.29) is 17.3 Å². The van der Waals surface area contributed by atoms with Crippen LogP contribution in [0.4, 0.5) is 5.69 Å². The summed E-state index contributed by atoms with van der Waals surface area (Å²) in [4.78, 5) is 33.6. The second kappa shape index (κ2) is 8.80. The molecule has 1 aromatic carbocycles. The third-order valence-corrected chi connectivity index (χ3v) is 6.08. The number of anilines is 1. The number of carbonyl (C=O) groups excluding carboxylic acids is 1. The number of fused-ring (bicyclic) bond motifs is 1. The van der Waals surface area contributed by atoms with Gasteiger partial charge in [0.1, 0.15) is 5.03 Å². The lowest BCUT2D eigenvalue weighted by molar-refractivity contribution is -0.113. The predicted molar refractivity (Wildman–Crippen MR) is 115 cm³/mol. The van der Waals surface area contributed by atoms with Crippen LogP contribution in [0.25, 0.3) is 0 Å². The van der Waals surface area contributed by atoms with Crippen LogP contribution >= 0.6 is 23.4 Å². The van der Waals surface area contributed by atoms with Gasteiger partial charge in [0.25, 0.3) is 0 Å². The molecule has 3 aromatic rings. The first-order valence-electron chi connectivity index (χ1n) is 9.31. The highest BCUT2D eigenvalue weighted by molar-refractivity contribution is 8.00. The molecule has 0 saturated heterocycles. The van der Waals surface area contributed by atoms with Crippen molar-refractivity contribution in [3.8, 4) is 0 Å². The Bertz CT molecular complexity index is 1100. The highest BCUT2D eigenvalue weighted by Crippen LogP contribution is 2.29. The van der Waals surface area contributed by atoms with E-state index < -0.39 is 0 Å². The van der Waals surface area contributed by atoms with Crippen LogP contribution in [-0.2, 0) is 24.2 Å². The third-order valence-electron chi connectivity index (χ3n) is 4.73. The van der Waals surface area contributed by atoms with Crippen molar-refractivity contribution in [1.29, 1.82) is 0 Å². The summed E-state index contributed by atoms with van der Waals surface area (Å²) in [7, 11) is 0. The molecule has 2 heterocycles. The number of para-hydroxylation sites is 1. The smallest absolute Gasteiger partial charge is 0.324 e. The van der Waals surface area contributed by atoms with E-state index in [1.54, 1.807) is 29.0 Å². The van der Waals surface area contributed by atoms with Gasteiger partial charge in [0, 0.05) is 17.5 Å². The zero-order valence-electron chi connectivity index (χ0n) is 15.6. The minimum Gasteiger partial charge on any atom is -0.324 e. The number of nitrogens with one attached hydrogen (secondary N) is 1. The van der Waals surface area contributed by atoms with Crippen molar-refractivity contribution in [1.82, 2.24) is 14.5 Å². The molecular weight excluding hydrogens is 408 g/mol. The molecule has 1 aliphatic carbocycles. The van der Waals surface area contributed by atoms with Gasteiger partial charge in [0.2, 0.25) is 5.91 Å². The number of carbonyl (C=O) groups is 1. The Kier molecular flexibility index (Phi) is 5.97. The highest BCUT2D eigenvalue weighted by Gasteiger charge is 2.22. The van der Waals surface area contributed by atoms with Gasteiger partial charge in [-0.15, -0.1) is 0 Å². The predicted octanol–water partition coefficient (Wildman–Crippen LogP) is 3.56. The van der Waals surface area contributed by atoms with E-state index in [1.165, 1.54) is 11.8 Å². The number of pyridine rings is 1. The lowest BCUT2D eigenvalue weighted by atomic mass is 10.2. The third kappa shape index (κ3) is 4.52. The van der Waals surface area contributed by atoms with Crippen molar-refractivity contribution in [2.75, 3.05) is 11.1 Å². The van der Waals surface area contributed by atoms with E-state index in [0.29, 0.717) is 22.3 Å². The Labute approximate surface area is 177 Å². The second-order valence-corrected chi connectivity index (χ2v) is 8.07. The lowest BCUT2D eigenvalue weighted by Gasteiger charge is -2.14. The van der Waals surface area contributed by atoms with E-state index in [9.17, 15) is 9.59 Å². The largest absolute Gasteiger partial charge is 0.349 e. The summed E-state index contributed by atoms with van der Waals surface area (Å²) in [5, 5.41) is 3.93. The number of halogens is 1. The number of aromatic nitrogens is 3. The average molecular weight is 427 g/mol.